The first-order chi connectivity index (χ1) is 3.72. The predicted molar refractivity (Wildman–Crippen MR) is 45.4 cm³/mol. The van der Waals surface area contributed by atoms with Gasteiger partial charge in [-0.05, 0) is 24.7 Å². The third-order valence-corrected chi connectivity index (χ3v) is 4.62. The van der Waals surface area contributed by atoms with Crippen molar-refractivity contribution in [2.24, 2.45) is 11.8 Å². The van der Waals surface area contributed by atoms with Gasteiger partial charge in [-0.1, -0.05) is 36.4 Å². The highest BCUT2D eigenvalue weighted by Gasteiger charge is 2.27. The maximum Gasteiger partial charge on any atom is 0.0161 e. The number of rotatable bonds is 0. The zero-order valence-electron chi connectivity index (χ0n) is 5.52. The van der Waals surface area contributed by atoms with Gasteiger partial charge in [-0.25, -0.2) is 0 Å². The fourth-order valence-electron chi connectivity index (χ4n) is 1.41. The molecule has 2 unspecified atom stereocenters. The summed E-state index contributed by atoms with van der Waals surface area (Å²) in [7, 11) is 0. The summed E-state index contributed by atoms with van der Waals surface area (Å²) in [4.78, 5) is 0. The van der Waals surface area contributed by atoms with Gasteiger partial charge >= 0.3 is 0 Å². The molecule has 1 aliphatic rings. The van der Waals surface area contributed by atoms with Gasteiger partial charge in [0.15, 0.2) is 0 Å². The fraction of sp³-hybridized carbons (Fsp3) is 1.00. The molecule has 48 valence electrons. The Balaban J connectivity index is 2.44. The van der Waals surface area contributed by atoms with Crippen LogP contribution in [0.15, 0.2) is 0 Å². The zero-order valence-corrected chi connectivity index (χ0v) is 7.68. The molecule has 0 amide bonds. The molecule has 1 aliphatic carbocycles. The van der Waals surface area contributed by atoms with Crippen LogP contribution in [0.1, 0.15) is 26.7 Å². The lowest BCUT2D eigenvalue weighted by Gasteiger charge is -2.09. The highest BCUT2D eigenvalue weighted by Crippen LogP contribution is 2.35. The van der Waals surface area contributed by atoms with E-state index in [0.29, 0.717) is 0 Å². The highest BCUT2D eigenvalue weighted by molar-refractivity contribution is 14.1. The third kappa shape index (κ3) is 1.17. The van der Waals surface area contributed by atoms with Gasteiger partial charge in [0.1, 0.15) is 0 Å². The van der Waals surface area contributed by atoms with Crippen LogP contribution < -0.4 is 0 Å². The molecule has 0 aromatic carbocycles. The molecule has 1 heteroatoms. The van der Waals surface area contributed by atoms with Gasteiger partial charge in [0.25, 0.3) is 0 Å². The third-order valence-electron chi connectivity index (χ3n) is 2.16. The predicted octanol–water partition coefficient (Wildman–Crippen LogP) is 2.86. The molecule has 0 nitrogen and oxygen atoms in total. The summed E-state index contributed by atoms with van der Waals surface area (Å²) < 4.78 is 0.951. The highest BCUT2D eigenvalue weighted by atomic mass is 127. The Morgan fingerprint density at radius 1 is 1.12 bits per heavy atom. The quantitative estimate of drug-likeness (QED) is 0.438. The lowest BCUT2D eigenvalue weighted by Crippen LogP contribution is -2.07. The largest absolute Gasteiger partial charge is 0.0820 e. The molecule has 1 rings (SSSR count). The van der Waals surface area contributed by atoms with Crippen molar-refractivity contribution in [2.75, 3.05) is 0 Å². The van der Waals surface area contributed by atoms with Gasteiger partial charge in [-0.3, -0.25) is 0 Å². The van der Waals surface area contributed by atoms with Gasteiger partial charge in [0, 0.05) is 3.92 Å². The summed E-state index contributed by atoms with van der Waals surface area (Å²) in [6.45, 7) is 4.72. The molecule has 0 aromatic rings. The van der Waals surface area contributed by atoms with E-state index < -0.39 is 0 Å². The SMILES string of the molecule is CC1CCC(C)C1I. The molecule has 0 radical (unpaired) electrons. The molecule has 2 atom stereocenters. The second-order valence-corrected chi connectivity index (χ2v) is 4.41. The maximum absolute atomic E-state index is 2.58. The van der Waals surface area contributed by atoms with Crippen molar-refractivity contribution in [3.05, 3.63) is 0 Å². The van der Waals surface area contributed by atoms with Crippen LogP contribution in [-0.2, 0) is 0 Å². The van der Waals surface area contributed by atoms with Crippen LogP contribution in [0.4, 0.5) is 0 Å². The summed E-state index contributed by atoms with van der Waals surface area (Å²) in [6, 6.07) is 0. The van der Waals surface area contributed by atoms with E-state index in [0.717, 1.165) is 15.8 Å². The molecule has 0 aliphatic heterocycles. The van der Waals surface area contributed by atoms with Crippen molar-refractivity contribution in [2.45, 2.75) is 30.6 Å². The topological polar surface area (TPSA) is 0 Å². The Hall–Kier alpha value is 0.730. The molecule has 1 fully saturated rings. The first-order valence-corrected chi connectivity index (χ1v) is 4.60. The molecular formula is C7H13I. The van der Waals surface area contributed by atoms with Crippen molar-refractivity contribution in [1.29, 1.82) is 0 Å². The van der Waals surface area contributed by atoms with Crippen molar-refractivity contribution < 1.29 is 0 Å². The Labute approximate surface area is 65.2 Å². The monoisotopic (exact) mass is 224 g/mol. The van der Waals surface area contributed by atoms with E-state index in [4.69, 9.17) is 0 Å². The van der Waals surface area contributed by atoms with Gasteiger partial charge in [-0.2, -0.15) is 0 Å². The Kier molecular flexibility index (Phi) is 2.18. The lowest BCUT2D eigenvalue weighted by molar-refractivity contribution is 0.596. The van der Waals surface area contributed by atoms with Crippen molar-refractivity contribution in [1.82, 2.24) is 0 Å². The van der Waals surface area contributed by atoms with Crippen molar-refractivity contribution in [3.8, 4) is 0 Å². The summed E-state index contributed by atoms with van der Waals surface area (Å²) in [5.41, 5.74) is 0. The smallest absolute Gasteiger partial charge is 0.0161 e. The van der Waals surface area contributed by atoms with Crippen LogP contribution in [0, 0.1) is 11.8 Å². The average Bonchev–Trinajstić information content (AvgIpc) is 1.98. The Morgan fingerprint density at radius 3 is 1.62 bits per heavy atom. The maximum atomic E-state index is 2.58. The van der Waals surface area contributed by atoms with E-state index in [-0.39, 0.29) is 0 Å². The second-order valence-electron chi connectivity index (χ2n) is 2.98. The van der Waals surface area contributed by atoms with Gasteiger partial charge in [0.2, 0.25) is 0 Å². The van der Waals surface area contributed by atoms with Gasteiger partial charge in [0.05, 0.1) is 0 Å². The number of hydrogen-bond acceptors (Lipinski definition) is 0. The van der Waals surface area contributed by atoms with Crippen LogP contribution in [0.2, 0.25) is 0 Å². The van der Waals surface area contributed by atoms with Crippen LogP contribution in [0.25, 0.3) is 0 Å². The molecule has 0 saturated heterocycles. The molecule has 0 heterocycles. The number of hydrogen-bond donors (Lipinski definition) is 0. The second kappa shape index (κ2) is 2.54. The minimum atomic E-state index is 0.951. The summed E-state index contributed by atoms with van der Waals surface area (Å²) >= 11 is 2.58. The van der Waals surface area contributed by atoms with Crippen molar-refractivity contribution >= 4 is 22.6 Å². The Bertz CT molecular complexity index is 70.5. The van der Waals surface area contributed by atoms with Crippen LogP contribution in [-0.4, -0.2) is 3.92 Å². The van der Waals surface area contributed by atoms with E-state index in [1.165, 1.54) is 12.8 Å². The van der Waals surface area contributed by atoms with E-state index in [2.05, 4.69) is 36.4 Å². The van der Waals surface area contributed by atoms with E-state index in [1.807, 2.05) is 0 Å². The van der Waals surface area contributed by atoms with Crippen molar-refractivity contribution in [3.63, 3.8) is 0 Å². The lowest BCUT2D eigenvalue weighted by atomic mass is 10.1. The van der Waals surface area contributed by atoms with Crippen LogP contribution in [0.3, 0.4) is 0 Å². The van der Waals surface area contributed by atoms with E-state index in [9.17, 15) is 0 Å². The first-order valence-electron chi connectivity index (χ1n) is 3.36. The minimum absolute atomic E-state index is 0.951. The summed E-state index contributed by atoms with van der Waals surface area (Å²) in [5, 5.41) is 0. The molecular weight excluding hydrogens is 211 g/mol. The minimum Gasteiger partial charge on any atom is -0.0820 e. The molecule has 0 N–H and O–H groups in total. The summed E-state index contributed by atoms with van der Waals surface area (Å²) in [5.74, 6) is 1.95. The Morgan fingerprint density at radius 2 is 1.50 bits per heavy atom. The molecule has 0 bridgehead atoms. The van der Waals surface area contributed by atoms with Gasteiger partial charge < -0.3 is 0 Å². The van der Waals surface area contributed by atoms with Gasteiger partial charge in [-0.15, -0.1) is 0 Å². The van der Waals surface area contributed by atoms with Crippen LogP contribution >= 0.6 is 22.6 Å². The molecule has 8 heavy (non-hydrogen) atoms. The van der Waals surface area contributed by atoms with E-state index >= 15 is 0 Å². The normalized spacial score (nSPS) is 47.6. The molecule has 0 aromatic heterocycles. The summed E-state index contributed by atoms with van der Waals surface area (Å²) in [6.07, 6.45) is 2.91. The van der Waals surface area contributed by atoms with Crippen LogP contribution in [0.5, 0.6) is 0 Å². The standard InChI is InChI=1S/C7H13I/c1-5-3-4-6(2)7(5)8/h5-7H,3-4H2,1-2H3. The number of halogens is 1. The molecule has 0 spiro atoms. The van der Waals surface area contributed by atoms with E-state index in [1.54, 1.807) is 0 Å². The zero-order chi connectivity index (χ0) is 6.15. The average molecular weight is 224 g/mol. The first kappa shape index (κ1) is 6.84. The fourth-order valence-corrected chi connectivity index (χ4v) is 2.12. The molecule has 1 saturated carbocycles. The number of alkyl halides is 1.